The van der Waals surface area contributed by atoms with Gasteiger partial charge in [0.15, 0.2) is 0 Å². The van der Waals surface area contributed by atoms with E-state index < -0.39 is 0 Å². The topological polar surface area (TPSA) is 41.4 Å². The van der Waals surface area contributed by atoms with Gasteiger partial charge in [0.25, 0.3) is 0 Å². The molecule has 32 heavy (non-hydrogen) atoms. The number of rotatable bonds is 3. The van der Waals surface area contributed by atoms with Gasteiger partial charge in [-0.05, 0) is 55.2 Å². The van der Waals surface area contributed by atoms with Crippen LogP contribution in [0.15, 0.2) is 66.1 Å². The van der Waals surface area contributed by atoms with Crippen molar-refractivity contribution in [1.82, 2.24) is 19.8 Å². The number of hydrazine groups is 1. The lowest BCUT2D eigenvalue weighted by Gasteiger charge is -2.52. The maximum absolute atomic E-state index is 12.5. The molecule has 0 N–H and O–H groups in total. The van der Waals surface area contributed by atoms with E-state index in [9.17, 15) is 4.79 Å². The number of halogens is 2. The number of benzene rings is 2. The van der Waals surface area contributed by atoms with Gasteiger partial charge in [-0.25, -0.2) is 4.68 Å². The van der Waals surface area contributed by atoms with Crippen LogP contribution in [0.25, 0.3) is 5.70 Å². The zero-order valence-corrected chi connectivity index (χ0v) is 19.4. The van der Waals surface area contributed by atoms with Gasteiger partial charge >= 0.3 is 0 Å². The lowest BCUT2D eigenvalue weighted by atomic mass is 9.87. The molecule has 7 heteroatoms. The van der Waals surface area contributed by atoms with Gasteiger partial charge in [-0.1, -0.05) is 54.0 Å². The summed E-state index contributed by atoms with van der Waals surface area (Å²) in [6, 6.07) is 15.9. The van der Waals surface area contributed by atoms with E-state index >= 15 is 0 Å². The highest BCUT2D eigenvalue weighted by atomic mass is 35.5. The van der Waals surface area contributed by atoms with Crippen LogP contribution in [0.1, 0.15) is 47.3 Å². The molecule has 1 fully saturated rings. The molecule has 3 heterocycles. The largest absolute Gasteiger partial charge is 0.302 e. The molecule has 0 spiro atoms. The zero-order chi connectivity index (χ0) is 22.4. The van der Waals surface area contributed by atoms with Crippen LogP contribution in [0.4, 0.5) is 0 Å². The van der Waals surface area contributed by atoms with Crippen molar-refractivity contribution < 1.29 is 0 Å². The van der Waals surface area contributed by atoms with E-state index in [1.165, 1.54) is 6.20 Å². The van der Waals surface area contributed by atoms with E-state index in [-0.39, 0.29) is 17.5 Å². The highest BCUT2D eigenvalue weighted by Crippen LogP contribution is 2.45. The molecular weight excluding hydrogens is 443 g/mol. The third kappa shape index (κ3) is 3.54. The van der Waals surface area contributed by atoms with E-state index in [4.69, 9.17) is 23.2 Å². The van der Waals surface area contributed by atoms with Crippen LogP contribution >= 0.6 is 23.2 Å². The fraction of sp³-hybridized carbons (Fsp3) is 0.280. The molecule has 1 atom stereocenters. The maximum atomic E-state index is 12.5. The number of fused-ring (bicyclic) bond motifs is 2. The molecule has 1 aromatic heterocycles. The van der Waals surface area contributed by atoms with Gasteiger partial charge in [0.05, 0.1) is 17.6 Å². The van der Waals surface area contributed by atoms with Crippen molar-refractivity contribution in [2.24, 2.45) is 0 Å². The highest BCUT2D eigenvalue weighted by molar-refractivity contribution is 6.30. The van der Waals surface area contributed by atoms with Crippen molar-refractivity contribution in [3.8, 4) is 0 Å². The smallest absolute Gasteiger partial charge is 0.203 e. The Morgan fingerprint density at radius 1 is 0.969 bits per heavy atom. The number of hydrogen-bond donors (Lipinski definition) is 0. The molecular formula is C25H24Cl2N4O. The molecule has 5 nitrogen and oxygen atoms in total. The second-order valence-electron chi connectivity index (χ2n) is 8.36. The maximum Gasteiger partial charge on any atom is 0.203 e. The first-order valence-electron chi connectivity index (χ1n) is 10.8. The van der Waals surface area contributed by atoms with Gasteiger partial charge in [0, 0.05) is 34.6 Å². The lowest BCUT2D eigenvalue weighted by molar-refractivity contribution is -0.0872. The van der Waals surface area contributed by atoms with Crippen LogP contribution < -0.4 is 5.43 Å². The summed E-state index contributed by atoms with van der Waals surface area (Å²) < 4.78 is 1.98. The van der Waals surface area contributed by atoms with Crippen molar-refractivity contribution in [2.45, 2.75) is 31.8 Å². The molecule has 1 saturated heterocycles. The van der Waals surface area contributed by atoms with Crippen LogP contribution in [0, 0.1) is 6.92 Å². The highest BCUT2D eigenvalue weighted by Gasteiger charge is 2.42. The molecule has 0 amide bonds. The fourth-order valence-electron chi connectivity index (χ4n) is 4.90. The van der Waals surface area contributed by atoms with Gasteiger partial charge in [0.1, 0.15) is 6.17 Å². The van der Waals surface area contributed by atoms with E-state index in [0.29, 0.717) is 15.6 Å². The molecule has 3 aromatic rings. The Balaban J connectivity index is 1.77. The molecule has 0 aliphatic carbocycles. The van der Waals surface area contributed by atoms with Crippen molar-refractivity contribution in [3.05, 3.63) is 104 Å². The first kappa shape index (κ1) is 21.3. The fourth-order valence-corrected chi connectivity index (χ4v) is 5.15. The minimum atomic E-state index is -0.169. The number of hydrogen-bond acceptors (Lipinski definition) is 4. The van der Waals surface area contributed by atoms with E-state index in [1.807, 2.05) is 35.9 Å². The van der Waals surface area contributed by atoms with Gasteiger partial charge in [-0.2, -0.15) is 10.1 Å². The molecule has 1 unspecified atom stereocenters. The SMILES string of the molecule is C=C1c2c(C)c(=O)cnn2C(C(c2ccc(Cl)cc2)c2ccc(Cl)cc2)N2CCCCN12. The molecule has 2 aliphatic heterocycles. The van der Waals surface area contributed by atoms with Gasteiger partial charge in [-0.15, -0.1) is 0 Å². The molecule has 0 saturated carbocycles. The predicted octanol–water partition coefficient (Wildman–Crippen LogP) is 5.49. The van der Waals surface area contributed by atoms with Gasteiger partial charge < -0.3 is 5.01 Å². The Kier molecular flexibility index (Phi) is 5.58. The molecule has 0 radical (unpaired) electrons. The Labute approximate surface area is 197 Å². The molecule has 2 aromatic carbocycles. The second kappa shape index (κ2) is 8.39. The summed E-state index contributed by atoms with van der Waals surface area (Å²) in [7, 11) is 0. The van der Waals surface area contributed by atoms with Crippen LogP contribution in [0.5, 0.6) is 0 Å². The Bertz CT molecular complexity index is 1170. The average molecular weight is 467 g/mol. The standard InChI is InChI=1S/C25H24Cl2N4O/c1-16-22(32)15-28-31-24(16)17(2)29-13-3-4-14-30(29)25(31)23(18-5-9-20(26)10-6-18)19-7-11-21(27)12-8-19/h5-12,15,23,25H,2-4,13-14H2,1H3. The first-order chi connectivity index (χ1) is 15.5. The zero-order valence-electron chi connectivity index (χ0n) is 17.8. The third-order valence-electron chi connectivity index (χ3n) is 6.47. The Morgan fingerprint density at radius 3 is 2.12 bits per heavy atom. The quantitative estimate of drug-likeness (QED) is 0.511. The summed E-state index contributed by atoms with van der Waals surface area (Å²) in [5.74, 6) is -0.0635. The van der Waals surface area contributed by atoms with E-state index in [2.05, 4.69) is 46.0 Å². The van der Waals surface area contributed by atoms with Gasteiger partial charge in [-0.3, -0.25) is 4.79 Å². The summed E-state index contributed by atoms with van der Waals surface area (Å²) in [4.78, 5) is 12.5. The van der Waals surface area contributed by atoms with Crippen LogP contribution in [-0.4, -0.2) is 32.9 Å². The molecule has 2 aliphatic rings. The summed E-state index contributed by atoms with van der Waals surface area (Å²) >= 11 is 12.4. The summed E-state index contributed by atoms with van der Waals surface area (Å²) in [6.45, 7) is 7.96. The summed E-state index contributed by atoms with van der Waals surface area (Å²) in [6.07, 6.45) is 3.41. The Morgan fingerprint density at radius 2 is 1.53 bits per heavy atom. The van der Waals surface area contributed by atoms with E-state index in [1.54, 1.807) is 0 Å². The van der Waals surface area contributed by atoms with Crippen molar-refractivity contribution in [1.29, 1.82) is 0 Å². The second-order valence-corrected chi connectivity index (χ2v) is 9.23. The van der Waals surface area contributed by atoms with E-state index in [0.717, 1.165) is 48.4 Å². The average Bonchev–Trinajstić information content (AvgIpc) is 2.80. The minimum Gasteiger partial charge on any atom is -0.302 e. The normalized spacial score (nSPS) is 18.6. The third-order valence-corrected chi connectivity index (χ3v) is 6.97. The number of aromatic nitrogens is 2. The molecule has 5 rings (SSSR count). The molecule has 164 valence electrons. The van der Waals surface area contributed by atoms with Crippen molar-refractivity contribution in [3.63, 3.8) is 0 Å². The summed E-state index contributed by atoms with van der Waals surface area (Å²) in [5, 5.41) is 10.6. The van der Waals surface area contributed by atoms with Crippen LogP contribution in [0.3, 0.4) is 0 Å². The predicted molar refractivity (Wildman–Crippen MR) is 129 cm³/mol. The van der Waals surface area contributed by atoms with Crippen molar-refractivity contribution in [2.75, 3.05) is 13.1 Å². The van der Waals surface area contributed by atoms with Gasteiger partial charge in [0.2, 0.25) is 5.43 Å². The molecule has 0 bridgehead atoms. The monoisotopic (exact) mass is 466 g/mol. The summed E-state index contributed by atoms with van der Waals surface area (Å²) in [5.41, 5.74) is 4.46. The lowest BCUT2D eigenvalue weighted by Crippen LogP contribution is -2.55. The van der Waals surface area contributed by atoms with Crippen LogP contribution in [-0.2, 0) is 0 Å². The first-order valence-corrected chi connectivity index (χ1v) is 11.5. The van der Waals surface area contributed by atoms with Crippen LogP contribution in [0.2, 0.25) is 10.0 Å². The number of nitrogens with zero attached hydrogens (tertiary/aromatic N) is 4. The minimum absolute atomic E-state index is 0.0635. The van der Waals surface area contributed by atoms with Crippen molar-refractivity contribution >= 4 is 28.9 Å². The Hall–Kier alpha value is -2.60.